The molecule has 1 saturated carbocycles. The Kier molecular flexibility index (Phi) is 4.92. The van der Waals surface area contributed by atoms with E-state index in [2.05, 4.69) is 37.1 Å². The second kappa shape index (κ2) is 7.80. The number of alkyl halides is 2. The smallest absolute Gasteiger partial charge is 0.304 e. The maximum Gasteiger partial charge on any atom is 0.304 e. The lowest BCUT2D eigenvalue weighted by atomic mass is 9.87. The van der Waals surface area contributed by atoms with Gasteiger partial charge in [0.1, 0.15) is 11.9 Å². The third-order valence-corrected chi connectivity index (χ3v) is 6.58. The Hall–Kier alpha value is -3.41. The molecule has 2 bridgehead atoms. The van der Waals surface area contributed by atoms with Gasteiger partial charge in [0.15, 0.2) is 11.6 Å². The molecule has 10 nitrogen and oxygen atoms in total. The average Bonchev–Trinajstić information content (AvgIpc) is 3.52. The summed E-state index contributed by atoms with van der Waals surface area (Å²) in [5.41, 5.74) is 0.596. The zero-order valence-electron chi connectivity index (χ0n) is 19.7. The molecule has 2 atom stereocenters. The van der Waals surface area contributed by atoms with Crippen molar-refractivity contribution in [1.82, 2.24) is 29.6 Å². The lowest BCUT2D eigenvalue weighted by Crippen LogP contribution is -2.68. The minimum Gasteiger partial charge on any atom is -0.474 e. The van der Waals surface area contributed by atoms with E-state index in [0.717, 1.165) is 50.5 Å². The number of fused-ring (bicyclic) bond motifs is 3. The van der Waals surface area contributed by atoms with Gasteiger partial charge in [0, 0.05) is 57.4 Å². The fourth-order valence-electron chi connectivity index (χ4n) is 4.91. The Morgan fingerprint density at radius 1 is 1.20 bits per heavy atom. The van der Waals surface area contributed by atoms with Gasteiger partial charge in [0.2, 0.25) is 17.6 Å². The normalized spacial score (nSPS) is 22.3. The van der Waals surface area contributed by atoms with E-state index in [0.29, 0.717) is 23.4 Å². The molecule has 1 amide bonds. The second-order valence-corrected chi connectivity index (χ2v) is 9.77. The highest BCUT2D eigenvalue weighted by Gasteiger charge is 2.45. The molecule has 35 heavy (non-hydrogen) atoms. The van der Waals surface area contributed by atoms with Gasteiger partial charge in [-0.3, -0.25) is 4.79 Å². The van der Waals surface area contributed by atoms with Gasteiger partial charge in [-0.1, -0.05) is 0 Å². The Bertz CT molecular complexity index is 1310. The summed E-state index contributed by atoms with van der Waals surface area (Å²) in [6.45, 7) is 3.99. The highest BCUT2D eigenvalue weighted by Crippen LogP contribution is 2.40. The number of nitrogens with zero attached hydrogens (tertiary/aromatic N) is 7. The summed E-state index contributed by atoms with van der Waals surface area (Å²) >= 11 is 0. The summed E-state index contributed by atoms with van der Waals surface area (Å²) in [5.74, 6) is -2.82. The molecule has 6 rings (SSSR count). The summed E-state index contributed by atoms with van der Waals surface area (Å²) in [7, 11) is 2.10. The van der Waals surface area contributed by atoms with Crippen LogP contribution in [0.1, 0.15) is 38.9 Å². The average molecular weight is 485 g/mol. The number of nitrogens with one attached hydrogen (secondary N) is 1. The van der Waals surface area contributed by atoms with Gasteiger partial charge >= 0.3 is 5.92 Å². The number of pyridine rings is 1. The Morgan fingerprint density at radius 3 is 2.60 bits per heavy atom. The highest BCUT2D eigenvalue weighted by atomic mass is 19.3. The van der Waals surface area contributed by atoms with Crippen molar-refractivity contribution in [3.63, 3.8) is 0 Å². The van der Waals surface area contributed by atoms with Crippen molar-refractivity contribution in [1.29, 1.82) is 0 Å². The van der Waals surface area contributed by atoms with Gasteiger partial charge < -0.3 is 19.9 Å². The number of anilines is 2. The lowest BCUT2D eigenvalue weighted by molar-refractivity contribution is -0.114. The number of likely N-dealkylation sites (N-methyl/N-ethyl adjacent to an activating group) is 1. The van der Waals surface area contributed by atoms with Crippen LogP contribution in [0.15, 0.2) is 18.3 Å². The van der Waals surface area contributed by atoms with Gasteiger partial charge in [0.25, 0.3) is 0 Å². The second-order valence-electron chi connectivity index (χ2n) is 9.77. The van der Waals surface area contributed by atoms with Crippen LogP contribution in [-0.4, -0.2) is 73.9 Å². The number of halogens is 2. The predicted molar refractivity (Wildman–Crippen MR) is 124 cm³/mol. The van der Waals surface area contributed by atoms with E-state index in [-0.39, 0.29) is 23.7 Å². The number of ether oxygens (including phenoxy) is 1. The van der Waals surface area contributed by atoms with Gasteiger partial charge in [-0.25, -0.2) is 14.6 Å². The summed E-state index contributed by atoms with van der Waals surface area (Å²) in [4.78, 5) is 28.7. The molecule has 3 fully saturated rings. The number of likely N-dealkylation sites (tertiary alicyclic amines) is 1. The maximum absolute atomic E-state index is 14.3. The largest absolute Gasteiger partial charge is 0.474 e. The molecule has 0 aromatic carbocycles. The molecule has 0 spiro atoms. The molecule has 12 heteroatoms. The van der Waals surface area contributed by atoms with Crippen molar-refractivity contribution in [2.75, 3.05) is 30.4 Å². The van der Waals surface area contributed by atoms with Crippen molar-refractivity contribution in [3.05, 3.63) is 24.2 Å². The Labute approximate surface area is 200 Å². The third kappa shape index (κ3) is 4.05. The van der Waals surface area contributed by atoms with Crippen LogP contribution in [-0.2, 0) is 10.7 Å². The quantitative estimate of drug-likeness (QED) is 0.570. The molecule has 5 heterocycles. The Morgan fingerprint density at radius 2 is 1.94 bits per heavy atom. The molecule has 184 valence electrons. The minimum atomic E-state index is -3.26. The third-order valence-electron chi connectivity index (χ3n) is 6.58. The van der Waals surface area contributed by atoms with E-state index < -0.39 is 11.7 Å². The standard InChI is InChI=1S/C23H26F2N8O2/c1-12(34)27-18-7-17-16(9-26-18)21(32-13-6-14(32)11-31(3)10-13)30-33(17)19-8-20(35-15-4-5-15)29-22(28-19)23(2,24)25/h7-9,13-15H,4-6,10-11H2,1-3H3,(H,26,27,34). The van der Waals surface area contributed by atoms with Gasteiger partial charge in [0.05, 0.1) is 10.9 Å². The van der Waals surface area contributed by atoms with Gasteiger partial charge in [-0.15, -0.1) is 5.10 Å². The number of carbonyl (C=O) groups excluding carboxylic acids is 1. The number of hydrogen-bond acceptors (Lipinski definition) is 8. The van der Waals surface area contributed by atoms with Crippen LogP contribution in [0, 0.1) is 0 Å². The van der Waals surface area contributed by atoms with Crippen molar-refractivity contribution >= 4 is 28.4 Å². The number of rotatable bonds is 6. The van der Waals surface area contributed by atoms with E-state index in [1.165, 1.54) is 17.7 Å². The molecule has 3 aromatic heterocycles. The molecular formula is C23H26F2N8O2. The summed E-state index contributed by atoms with van der Waals surface area (Å²) < 4.78 is 35.9. The van der Waals surface area contributed by atoms with Crippen molar-refractivity contribution in [2.45, 2.75) is 57.2 Å². The van der Waals surface area contributed by atoms with Gasteiger partial charge in [-0.05, 0) is 26.3 Å². The number of hydrogen-bond donors (Lipinski definition) is 1. The van der Waals surface area contributed by atoms with Gasteiger partial charge in [-0.2, -0.15) is 13.8 Å². The molecule has 2 saturated heterocycles. The van der Waals surface area contributed by atoms with E-state index in [9.17, 15) is 13.6 Å². The number of piperidine rings is 1. The van der Waals surface area contributed by atoms with E-state index in [4.69, 9.17) is 9.84 Å². The fraction of sp³-hybridized carbons (Fsp3) is 0.522. The molecule has 2 aliphatic heterocycles. The zero-order valence-corrected chi connectivity index (χ0v) is 19.7. The summed E-state index contributed by atoms with van der Waals surface area (Å²) in [6.07, 6.45) is 4.45. The van der Waals surface area contributed by atoms with E-state index >= 15 is 0 Å². The molecule has 3 aromatic rings. The highest BCUT2D eigenvalue weighted by molar-refractivity contribution is 5.95. The SMILES string of the molecule is CC(=O)Nc1cc2c(cn1)c(N1C3CC1CN(C)C3)nn2-c1cc(OC2CC2)nc(C(C)(F)F)n1. The first-order valence-electron chi connectivity index (χ1n) is 11.7. The number of carbonyl (C=O) groups is 1. The van der Waals surface area contributed by atoms with E-state index in [1.807, 2.05) is 0 Å². The molecule has 2 unspecified atom stereocenters. The molecule has 0 radical (unpaired) electrons. The van der Waals surface area contributed by atoms with Crippen LogP contribution in [0.3, 0.4) is 0 Å². The van der Waals surface area contributed by atoms with E-state index in [1.54, 1.807) is 12.3 Å². The molecular weight excluding hydrogens is 458 g/mol. The first-order chi connectivity index (χ1) is 16.7. The lowest BCUT2D eigenvalue weighted by Gasteiger charge is -2.56. The van der Waals surface area contributed by atoms with Crippen LogP contribution in [0.2, 0.25) is 0 Å². The monoisotopic (exact) mass is 484 g/mol. The fourth-order valence-corrected chi connectivity index (χ4v) is 4.91. The molecule has 1 aliphatic carbocycles. The molecule has 3 aliphatic rings. The first kappa shape index (κ1) is 22.1. The molecule has 1 N–H and O–H groups in total. The topological polar surface area (TPSA) is 101 Å². The Balaban J connectivity index is 1.51. The van der Waals surface area contributed by atoms with Crippen molar-refractivity contribution in [2.24, 2.45) is 0 Å². The van der Waals surface area contributed by atoms with Crippen LogP contribution in [0.25, 0.3) is 16.7 Å². The summed E-state index contributed by atoms with van der Waals surface area (Å²) in [5, 5.41) is 8.29. The summed E-state index contributed by atoms with van der Waals surface area (Å²) in [6, 6.07) is 3.85. The number of piperazine rings is 1. The van der Waals surface area contributed by atoms with Crippen LogP contribution >= 0.6 is 0 Å². The first-order valence-corrected chi connectivity index (χ1v) is 11.7. The van der Waals surface area contributed by atoms with Crippen LogP contribution in [0.4, 0.5) is 20.4 Å². The van der Waals surface area contributed by atoms with Crippen LogP contribution in [0.5, 0.6) is 5.88 Å². The van der Waals surface area contributed by atoms with Crippen molar-refractivity contribution in [3.8, 4) is 11.7 Å². The predicted octanol–water partition coefficient (Wildman–Crippen LogP) is 2.71. The van der Waals surface area contributed by atoms with Crippen molar-refractivity contribution < 1.29 is 18.3 Å². The number of aromatic nitrogens is 5. The number of amides is 1. The zero-order chi connectivity index (χ0) is 24.5. The van der Waals surface area contributed by atoms with Crippen LogP contribution < -0.4 is 15.0 Å². The maximum atomic E-state index is 14.3. The minimum absolute atomic E-state index is 0.0194.